The molecule has 0 saturated carbocycles. The Morgan fingerprint density at radius 2 is 2.18 bits per heavy atom. The van der Waals surface area contributed by atoms with Gasteiger partial charge in [0.2, 0.25) is 0 Å². The van der Waals surface area contributed by atoms with E-state index in [-0.39, 0.29) is 12.1 Å². The number of anilines is 1. The molecule has 0 aliphatic carbocycles. The first-order valence-electron chi connectivity index (χ1n) is 7.85. The van der Waals surface area contributed by atoms with Crippen LogP contribution in [0, 0.1) is 11.8 Å². The third kappa shape index (κ3) is 4.45. The lowest BCUT2D eigenvalue weighted by atomic mass is 9.93. The van der Waals surface area contributed by atoms with Crippen molar-refractivity contribution in [3.63, 3.8) is 0 Å². The third-order valence-corrected chi connectivity index (χ3v) is 4.01. The molecular formula is C17H26N2O3. The lowest BCUT2D eigenvalue weighted by molar-refractivity contribution is 0.0546. The van der Waals surface area contributed by atoms with Crippen LogP contribution in [0.5, 0.6) is 0 Å². The number of methoxy groups -OCH3 is 1. The molecule has 2 rings (SSSR count). The molecule has 0 spiro atoms. The predicted molar refractivity (Wildman–Crippen MR) is 86.9 cm³/mol. The zero-order valence-corrected chi connectivity index (χ0v) is 13.6. The summed E-state index contributed by atoms with van der Waals surface area (Å²) in [5, 5.41) is 5.85. The normalized spacial score (nSPS) is 21.1. The molecule has 2 atom stereocenters. The molecule has 1 saturated heterocycles. The summed E-state index contributed by atoms with van der Waals surface area (Å²) in [6, 6.07) is 7.47. The molecular weight excluding hydrogens is 280 g/mol. The van der Waals surface area contributed by atoms with Gasteiger partial charge in [0, 0.05) is 37.4 Å². The number of hydrogen-bond acceptors (Lipinski definition) is 3. The van der Waals surface area contributed by atoms with Gasteiger partial charge in [0.05, 0.1) is 12.7 Å². The van der Waals surface area contributed by atoms with E-state index < -0.39 is 0 Å². The second kappa shape index (κ2) is 8.15. The number of carbonyl (C=O) groups excluding carboxylic acids is 1. The Balaban J connectivity index is 1.86. The van der Waals surface area contributed by atoms with E-state index in [1.54, 1.807) is 7.11 Å². The Bertz CT molecular complexity index is 491. The second-order valence-electron chi connectivity index (χ2n) is 6.05. The number of carbonyl (C=O) groups is 1. The van der Waals surface area contributed by atoms with Crippen LogP contribution in [0.1, 0.15) is 25.8 Å². The summed E-state index contributed by atoms with van der Waals surface area (Å²) in [7, 11) is 1.64. The Morgan fingerprint density at radius 3 is 2.91 bits per heavy atom. The largest absolute Gasteiger partial charge is 0.380 e. The first-order chi connectivity index (χ1) is 10.6. The van der Waals surface area contributed by atoms with Crippen LogP contribution in [0.4, 0.5) is 10.5 Å². The van der Waals surface area contributed by atoms with Crippen molar-refractivity contribution in [1.82, 2.24) is 5.32 Å². The van der Waals surface area contributed by atoms with Crippen molar-refractivity contribution in [2.45, 2.75) is 33.0 Å². The summed E-state index contributed by atoms with van der Waals surface area (Å²) in [6.07, 6.45) is 1.24. The van der Waals surface area contributed by atoms with Crippen LogP contribution in [-0.4, -0.2) is 32.4 Å². The van der Waals surface area contributed by atoms with Crippen LogP contribution >= 0.6 is 0 Å². The Hall–Kier alpha value is -1.59. The van der Waals surface area contributed by atoms with Crippen LogP contribution in [-0.2, 0) is 16.1 Å². The topological polar surface area (TPSA) is 59.6 Å². The third-order valence-electron chi connectivity index (χ3n) is 4.01. The second-order valence-corrected chi connectivity index (χ2v) is 6.05. The molecule has 1 aliphatic heterocycles. The van der Waals surface area contributed by atoms with Crippen LogP contribution < -0.4 is 10.6 Å². The molecule has 22 heavy (non-hydrogen) atoms. The van der Waals surface area contributed by atoms with Gasteiger partial charge >= 0.3 is 6.03 Å². The zero-order chi connectivity index (χ0) is 15.9. The average Bonchev–Trinajstić information content (AvgIpc) is 2.96. The molecule has 1 aromatic rings. The number of rotatable bonds is 6. The lowest BCUT2D eigenvalue weighted by Crippen LogP contribution is -2.37. The molecule has 5 heteroatoms. The first kappa shape index (κ1) is 16.8. The van der Waals surface area contributed by atoms with Crippen molar-refractivity contribution in [3.8, 4) is 0 Å². The van der Waals surface area contributed by atoms with Gasteiger partial charge in [0.15, 0.2) is 0 Å². The van der Waals surface area contributed by atoms with E-state index in [1.807, 2.05) is 24.3 Å². The molecule has 122 valence electrons. The van der Waals surface area contributed by atoms with E-state index in [0.717, 1.165) is 24.3 Å². The molecule has 5 nitrogen and oxygen atoms in total. The number of urea groups is 1. The van der Waals surface area contributed by atoms with E-state index >= 15 is 0 Å². The minimum atomic E-state index is -0.182. The smallest absolute Gasteiger partial charge is 0.319 e. The molecule has 0 radical (unpaired) electrons. The zero-order valence-electron chi connectivity index (χ0n) is 13.6. The molecule has 2 amide bonds. The molecule has 1 aromatic carbocycles. The van der Waals surface area contributed by atoms with Gasteiger partial charge in [-0.1, -0.05) is 32.0 Å². The Morgan fingerprint density at radius 1 is 1.41 bits per heavy atom. The number of ether oxygens (including phenoxy) is 2. The Labute approximate surface area is 132 Å². The molecule has 2 N–H and O–H groups in total. The quantitative estimate of drug-likeness (QED) is 0.849. The maximum atomic E-state index is 12.1. The minimum absolute atomic E-state index is 0.182. The summed E-state index contributed by atoms with van der Waals surface area (Å²) < 4.78 is 10.9. The number of nitrogens with one attached hydrogen (secondary N) is 2. The SMILES string of the molecule is COCc1ccccc1NC(=O)NC[C@H]1CCO[C@@H]1C(C)C. The van der Waals surface area contributed by atoms with Gasteiger partial charge in [-0.2, -0.15) is 0 Å². The fraction of sp³-hybridized carbons (Fsp3) is 0.588. The Kier molecular flexibility index (Phi) is 6.21. The molecule has 1 aliphatic rings. The van der Waals surface area contributed by atoms with Gasteiger partial charge in [0.25, 0.3) is 0 Å². The molecule has 1 heterocycles. The molecule has 1 fully saturated rings. The fourth-order valence-corrected chi connectivity index (χ4v) is 2.92. The van der Waals surface area contributed by atoms with Crippen LogP contribution in [0.15, 0.2) is 24.3 Å². The van der Waals surface area contributed by atoms with Crippen molar-refractivity contribution in [2.75, 3.05) is 25.6 Å². The lowest BCUT2D eigenvalue weighted by Gasteiger charge is -2.22. The maximum Gasteiger partial charge on any atom is 0.319 e. The van der Waals surface area contributed by atoms with Gasteiger partial charge in [-0.15, -0.1) is 0 Å². The summed E-state index contributed by atoms with van der Waals surface area (Å²) >= 11 is 0. The van der Waals surface area contributed by atoms with Gasteiger partial charge in [-0.25, -0.2) is 4.79 Å². The predicted octanol–water partition coefficient (Wildman–Crippen LogP) is 3.02. The van der Waals surface area contributed by atoms with Gasteiger partial charge in [-0.05, 0) is 18.4 Å². The van der Waals surface area contributed by atoms with E-state index in [1.165, 1.54) is 0 Å². The number of hydrogen-bond donors (Lipinski definition) is 2. The summed E-state index contributed by atoms with van der Waals surface area (Å²) in [4.78, 5) is 12.1. The summed E-state index contributed by atoms with van der Waals surface area (Å²) in [5.74, 6) is 0.861. The van der Waals surface area contributed by atoms with Crippen LogP contribution in [0.3, 0.4) is 0 Å². The van der Waals surface area contributed by atoms with E-state index in [0.29, 0.717) is 25.0 Å². The van der Waals surface area contributed by atoms with Gasteiger partial charge in [0.1, 0.15) is 0 Å². The van der Waals surface area contributed by atoms with Crippen molar-refractivity contribution in [3.05, 3.63) is 29.8 Å². The van der Waals surface area contributed by atoms with Crippen LogP contribution in [0.25, 0.3) is 0 Å². The highest BCUT2D eigenvalue weighted by molar-refractivity contribution is 5.90. The summed E-state index contributed by atoms with van der Waals surface area (Å²) in [5.41, 5.74) is 1.74. The van der Waals surface area contributed by atoms with E-state index in [9.17, 15) is 4.79 Å². The van der Waals surface area contributed by atoms with Crippen LogP contribution in [0.2, 0.25) is 0 Å². The van der Waals surface area contributed by atoms with E-state index in [4.69, 9.17) is 9.47 Å². The van der Waals surface area contributed by atoms with Gasteiger partial charge in [-0.3, -0.25) is 0 Å². The highest BCUT2D eigenvalue weighted by Crippen LogP contribution is 2.26. The number of benzene rings is 1. The van der Waals surface area contributed by atoms with Crippen molar-refractivity contribution in [1.29, 1.82) is 0 Å². The average molecular weight is 306 g/mol. The molecule has 0 bridgehead atoms. The van der Waals surface area contributed by atoms with E-state index in [2.05, 4.69) is 24.5 Å². The maximum absolute atomic E-state index is 12.1. The minimum Gasteiger partial charge on any atom is -0.380 e. The molecule has 0 unspecified atom stereocenters. The fourth-order valence-electron chi connectivity index (χ4n) is 2.92. The number of amides is 2. The highest BCUT2D eigenvalue weighted by atomic mass is 16.5. The standard InChI is InChI=1S/C17H26N2O3/c1-12(2)16-13(8-9-22-16)10-18-17(20)19-15-7-5-4-6-14(15)11-21-3/h4-7,12-13,16H,8-11H2,1-3H3,(H2,18,19,20)/t13-,16-/m1/s1. The monoisotopic (exact) mass is 306 g/mol. The highest BCUT2D eigenvalue weighted by Gasteiger charge is 2.30. The van der Waals surface area contributed by atoms with Crippen molar-refractivity contribution >= 4 is 11.7 Å². The first-order valence-corrected chi connectivity index (χ1v) is 7.85. The van der Waals surface area contributed by atoms with Crippen molar-refractivity contribution in [2.24, 2.45) is 11.8 Å². The van der Waals surface area contributed by atoms with Crippen molar-refractivity contribution < 1.29 is 14.3 Å². The number of para-hydroxylation sites is 1. The summed E-state index contributed by atoms with van der Waals surface area (Å²) in [6.45, 7) is 6.21. The van der Waals surface area contributed by atoms with Gasteiger partial charge < -0.3 is 20.1 Å². The molecule has 0 aromatic heterocycles.